The molecule has 0 spiro atoms. The molecular formula is C24H27N7O4S. The van der Waals surface area contributed by atoms with Crippen molar-refractivity contribution >= 4 is 16.0 Å². The molecular weight excluding hydrogens is 482 g/mol. The highest BCUT2D eigenvalue weighted by Gasteiger charge is 2.32. The van der Waals surface area contributed by atoms with Crippen LogP contribution in [0.25, 0.3) is 17.2 Å². The Labute approximate surface area is 209 Å². The first-order valence-electron chi connectivity index (χ1n) is 11.1. The molecule has 4 rings (SSSR count). The van der Waals surface area contributed by atoms with Gasteiger partial charge in [0.15, 0.2) is 5.82 Å². The highest BCUT2D eigenvalue weighted by atomic mass is 32.2. The average Bonchev–Trinajstić information content (AvgIpc) is 3.30. The molecule has 2 atom stereocenters. The topological polar surface area (TPSA) is 134 Å². The molecule has 0 unspecified atom stereocenters. The Balaban J connectivity index is 1.81. The summed E-state index contributed by atoms with van der Waals surface area (Å²) in [5.41, 5.74) is 2.23. The maximum atomic E-state index is 13.5. The molecule has 0 radical (unpaired) electrons. The van der Waals surface area contributed by atoms with Gasteiger partial charge in [-0.3, -0.25) is 24.2 Å². The van der Waals surface area contributed by atoms with Gasteiger partial charge in [-0.2, -0.15) is 0 Å². The van der Waals surface area contributed by atoms with Crippen LogP contribution in [0.1, 0.15) is 31.2 Å². The SMILES string of the molecule is COc1cccc(OC)c1-n1c(NS(=O)(=O)[C@@H](C)[C@H](C)c2cnc(C)cn2)nnc1-c1ccccn1. The fourth-order valence-electron chi connectivity index (χ4n) is 3.64. The first-order valence-corrected chi connectivity index (χ1v) is 12.7. The van der Waals surface area contributed by atoms with Gasteiger partial charge in [-0.15, -0.1) is 10.2 Å². The summed E-state index contributed by atoms with van der Waals surface area (Å²) in [6.45, 7) is 5.22. The number of hydrogen-bond acceptors (Lipinski definition) is 9. The van der Waals surface area contributed by atoms with E-state index in [1.165, 1.54) is 18.8 Å². The molecule has 36 heavy (non-hydrogen) atoms. The van der Waals surface area contributed by atoms with Gasteiger partial charge in [0.25, 0.3) is 0 Å². The highest BCUT2D eigenvalue weighted by Crippen LogP contribution is 2.37. The summed E-state index contributed by atoms with van der Waals surface area (Å²) in [6.07, 6.45) is 4.82. The van der Waals surface area contributed by atoms with Crippen LogP contribution < -0.4 is 14.2 Å². The molecule has 0 saturated heterocycles. The van der Waals surface area contributed by atoms with E-state index in [2.05, 4.69) is 29.9 Å². The van der Waals surface area contributed by atoms with Gasteiger partial charge in [-0.1, -0.05) is 19.1 Å². The number of hydrogen-bond donors (Lipinski definition) is 1. The Bertz CT molecular complexity index is 1420. The first kappa shape index (κ1) is 25.0. The number of pyridine rings is 1. The number of ether oxygens (including phenoxy) is 2. The number of rotatable bonds is 9. The lowest BCUT2D eigenvalue weighted by Crippen LogP contribution is -2.31. The summed E-state index contributed by atoms with van der Waals surface area (Å²) < 4.78 is 42.3. The van der Waals surface area contributed by atoms with Crippen LogP contribution >= 0.6 is 0 Å². The maximum Gasteiger partial charge on any atom is 0.243 e. The normalized spacial score (nSPS) is 13.1. The number of nitrogens with one attached hydrogen (secondary N) is 1. The van der Waals surface area contributed by atoms with Crippen LogP contribution in [0.4, 0.5) is 5.95 Å². The van der Waals surface area contributed by atoms with Crippen molar-refractivity contribution in [2.45, 2.75) is 31.9 Å². The molecule has 3 aromatic heterocycles. The van der Waals surface area contributed by atoms with Crippen molar-refractivity contribution in [3.05, 3.63) is 66.4 Å². The number of sulfonamides is 1. The first-order chi connectivity index (χ1) is 17.3. The Hall–Kier alpha value is -4.06. The third-order valence-corrected chi connectivity index (χ3v) is 7.73. The molecule has 0 amide bonds. The maximum absolute atomic E-state index is 13.5. The van der Waals surface area contributed by atoms with Crippen molar-refractivity contribution in [3.63, 3.8) is 0 Å². The van der Waals surface area contributed by atoms with E-state index in [4.69, 9.17) is 9.47 Å². The second-order valence-electron chi connectivity index (χ2n) is 8.13. The van der Waals surface area contributed by atoms with E-state index in [-0.39, 0.29) is 5.95 Å². The van der Waals surface area contributed by atoms with Crippen molar-refractivity contribution in [2.75, 3.05) is 18.9 Å². The van der Waals surface area contributed by atoms with Gasteiger partial charge in [0.2, 0.25) is 16.0 Å². The molecule has 0 aliphatic heterocycles. The molecule has 0 bridgehead atoms. The van der Waals surface area contributed by atoms with Crippen LogP contribution in [0.3, 0.4) is 0 Å². The molecule has 11 nitrogen and oxygen atoms in total. The van der Waals surface area contributed by atoms with Gasteiger partial charge in [-0.25, -0.2) is 8.42 Å². The van der Waals surface area contributed by atoms with Gasteiger partial charge in [0.05, 0.1) is 30.9 Å². The second kappa shape index (κ2) is 10.3. The van der Waals surface area contributed by atoms with Crippen LogP contribution in [0.15, 0.2) is 55.0 Å². The summed E-state index contributed by atoms with van der Waals surface area (Å²) in [5.74, 6) is 0.697. The lowest BCUT2D eigenvalue weighted by Gasteiger charge is -2.21. The molecule has 4 aromatic rings. The van der Waals surface area contributed by atoms with Crippen molar-refractivity contribution in [1.82, 2.24) is 29.7 Å². The summed E-state index contributed by atoms with van der Waals surface area (Å²) in [6, 6.07) is 10.6. The van der Waals surface area contributed by atoms with Crippen LogP contribution in [0.5, 0.6) is 11.5 Å². The zero-order valence-electron chi connectivity index (χ0n) is 20.6. The fraction of sp³-hybridized carbons (Fsp3) is 0.292. The van der Waals surface area contributed by atoms with Crippen LogP contribution in [0.2, 0.25) is 0 Å². The van der Waals surface area contributed by atoms with E-state index in [1.54, 1.807) is 68.8 Å². The van der Waals surface area contributed by atoms with Crippen LogP contribution in [-0.4, -0.2) is 57.6 Å². The monoisotopic (exact) mass is 509 g/mol. The number of methoxy groups -OCH3 is 2. The molecule has 1 N–H and O–H groups in total. The smallest absolute Gasteiger partial charge is 0.243 e. The van der Waals surface area contributed by atoms with Gasteiger partial charge >= 0.3 is 0 Å². The molecule has 0 saturated carbocycles. The fourth-order valence-corrected chi connectivity index (χ4v) is 4.89. The minimum atomic E-state index is -3.95. The third-order valence-electron chi connectivity index (χ3n) is 5.88. The Morgan fingerprint density at radius 3 is 2.22 bits per heavy atom. The third kappa shape index (κ3) is 4.85. The number of aromatic nitrogens is 6. The lowest BCUT2D eigenvalue weighted by atomic mass is 10.1. The molecule has 0 fully saturated rings. The molecule has 188 valence electrons. The number of benzene rings is 1. The molecule has 3 heterocycles. The zero-order valence-corrected chi connectivity index (χ0v) is 21.4. The highest BCUT2D eigenvalue weighted by molar-refractivity contribution is 7.93. The molecule has 12 heteroatoms. The second-order valence-corrected chi connectivity index (χ2v) is 10.2. The lowest BCUT2D eigenvalue weighted by molar-refractivity contribution is 0.391. The van der Waals surface area contributed by atoms with Crippen molar-refractivity contribution in [3.8, 4) is 28.7 Å². The Kier molecular flexibility index (Phi) is 7.15. The van der Waals surface area contributed by atoms with Crippen molar-refractivity contribution in [2.24, 2.45) is 0 Å². The minimum Gasteiger partial charge on any atom is -0.494 e. The van der Waals surface area contributed by atoms with Crippen LogP contribution in [-0.2, 0) is 10.0 Å². The van der Waals surface area contributed by atoms with E-state index in [0.717, 1.165) is 5.69 Å². The zero-order chi connectivity index (χ0) is 25.9. The van der Waals surface area contributed by atoms with E-state index in [1.807, 2.05) is 6.92 Å². The molecule has 0 aliphatic carbocycles. The summed E-state index contributed by atoms with van der Waals surface area (Å²) in [4.78, 5) is 13.0. The van der Waals surface area contributed by atoms with E-state index >= 15 is 0 Å². The number of aryl methyl sites for hydroxylation is 1. The van der Waals surface area contributed by atoms with E-state index < -0.39 is 21.2 Å². The molecule has 0 aliphatic rings. The Morgan fingerprint density at radius 2 is 1.64 bits per heavy atom. The van der Waals surface area contributed by atoms with Gasteiger partial charge in [-0.05, 0) is 38.1 Å². The van der Waals surface area contributed by atoms with E-state index in [9.17, 15) is 8.42 Å². The predicted octanol–water partition coefficient (Wildman–Crippen LogP) is 3.38. The summed E-state index contributed by atoms with van der Waals surface area (Å²) in [5, 5.41) is 7.57. The van der Waals surface area contributed by atoms with E-state index in [0.29, 0.717) is 34.4 Å². The number of nitrogens with zero attached hydrogens (tertiary/aromatic N) is 6. The van der Waals surface area contributed by atoms with Gasteiger partial charge < -0.3 is 9.47 Å². The predicted molar refractivity (Wildman–Crippen MR) is 135 cm³/mol. The minimum absolute atomic E-state index is 0.0347. The number of para-hydroxylation sites is 1. The summed E-state index contributed by atoms with van der Waals surface area (Å²) in [7, 11) is -0.926. The van der Waals surface area contributed by atoms with Gasteiger partial charge in [0.1, 0.15) is 22.9 Å². The standard InChI is InChI=1S/C24H27N7O4S/c1-15-13-27-19(14-26-15)16(2)17(3)36(32,33)30-24-29-28-23(18-9-6-7-12-25-18)31(24)22-20(34-4)10-8-11-21(22)35-5/h6-14,16-17H,1-5H3,(H,29,30)/t16-,17-/m0/s1. The number of anilines is 1. The summed E-state index contributed by atoms with van der Waals surface area (Å²) >= 11 is 0. The Morgan fingerprint density at radius 1 is 0.917 bits per heavy atom. The largest absolute Gasteiger partial charge is 0.494 e. The quantitative estimate of drug-likeness (QED) is 0.360. The molecule has 1 aromatic carbocycles. The van der Waals surface area contributed by atoms with Gasteiger partial charge in [0, 0.05) is 24.5 Å². The van der Waals surface area contributed by atoms with Crippen molar-refractivity contribution < 1.29 is 17.9 Å². The van der Waals surface area contributed by atoms with Crippen molar-refractivity contribution in [1.29, 1.82) is 0 Å². The van der Waals surface area contributed by atoms with Crippen LogP contribution in [0, 0.1) is 6.92 Å². The average molecular weight is 510 g/mol.